The lowest BCUT2D eigenvalue weighted by Crippen LogP contribution is -2.11. The van der Waals surface area contributed by atoms with E-state index in [2.05, 4.69) is 15.4 Å². The van der Waals surface area contributed by atoms with E-state index in [1.165, 1.54) is 11.3 Å². The summed E-state index contributed by atoms with van der Waals surface area (Å²) in [4.78, 5) is 19.9. The van der Waals surface area contributed by atoms with Crippen LogP contribution in [0, 0.1) is 13.8 Å². The van der Waals surface area contributed by atoms with Crippen LogP contribution in [0.5, 0.6) is 0 Å². The molecule has 0 bridgehead atoms. The third-order valence-corrected chi connectivity index (χ3v) is 6.27. The third-order valence-electron chi connectivity index (χ3n) is 4.49. The predicted molar refractivity (Wildman–Crippen MR) is 109 cm³/mol. The van der Waals surface area contributed by atoms with Gasteiger partial charge in [-0.05, 0) is 32.0 Å². The second-order valence-corrected chi connectivity index (χ2v) is 8.12. The van der Waals surface area contributed by atoms with Gasteiger partial charge in [0, 0.05) is 11.6 Å². The SMILES string of the molecule is Cc1nn(-c2ccccc2)c(C)c1NC(=O)c1cc2c(nc3sccn32)s1. The molecule has 0 saturated heterocycles. The summed E-state index contributed by atoms with van der Waals surface area (Å²) in [5.41, 5.74) is 4.37. The number of rotatable bonds is 3. The summed E-state index contributed by atoms with van der Waals surface area (Å²) >= 11 is 2.99. The molecule has 1 amide bonds. The van der Waals surface area contributed by atoms with Crippen LogP contribution in [0.2, 0.25) is 0 Å². The number of anilines is 1. The van der Waals surface area contributed by atoms with Crippen LogP contribution >= 0.6 is 22.7 Å². The van der Waals surface area contributed by atoms with Crippen LogP contribution in [0.15, 0.2) is 48.0 Å². The molecule has 0 atom stereocenters. The van der Waals surface area contributed by atoms with Gasteiger partial charge in [0.2, 0.25) is 0 Å². The van der Waals surface area contributed by atoms with Crippen molar-refractivity contribution in [2.75, 3.05) is 5.32 Å². The first kappa shape index (κ1) is 16.2. The number of imidazole rings is 1. The largest absolute Gasteiger partial charge is 0.318 e. The number of carbonyl (C=O) groups is 1. The maximum absolute atomic E-state index is 12.8. The second kappa shape index (κ2) is 6.04. The maximum Gasteiger partial charge on any atom is 0.265 e. The van der Waals surface area contributed by atoms with Crippen molar-refractivity contribution in [3.8, 4) is 5.69 Å². The van der Waals surface area contributed by atoms with E-state index >= 15 is 0 Å². The number of aryl methyl sites for hydroxylation is 1. The fraction of sp³-hybridized carbons (Fsp3) is 0.105. The molecule has 1 N–H and O–H groups in total. The quantitative estimate of drug-likeness (QED) is 0.485. The van der Waals surface area contributed by atoms with Gasteiger partial charge in [0.25, 0.3) is 5.91 Å². The first-order chi connectivity index (χ1) is 13.1. The molecular weight excluding hydrogens is 378 g/mol. The summed E-state index contributed by atoms with van der Waals surface area (Å²) in [7, 11) is 0. The van der Waals surface area contributed by atoms with Crippen LogP contribution in [-0.2, 0) is 0 Å². The molecule has 1 aromatic carbocycles. The predicted octanol–water partition coefficient (Wildman–Crippen LogP) is 4.67. The van der Waals surface area contributed by atoms with Gasteiger partial charge in [0.15, 0.2) is 4.96 Å². The summed E-state index contributed by atoms with van der Waals surface area (Å²) in [5.74, 6) is -0.138. The van der Waals surface area contributed by atoms with Crippen molar-refractivity contribution in [2.24, 2.45) is 0 Å². The fourth-order valence-corrected chi connectivity index (χ4v) is 4.87. The van der Waals surface area contributed by atoms with E-state index in [0.29, 0.717) is 4.88 Å². The number of nitrogens with zero attached hydrogens (tertiary/aromatic N) is 4. The first-order valence-corrected chi connectivity index (χ1v) is 10.1. The minimum atomic E-state index is -0.138. The van der Waals surface area contributed by atoms with Gasteiger partial charge in [-0.1, -0.05) is 18.2 Å². The number of benzene rings is 1. The number of thiophene rings is 1. The zero-order valence-corrected chi connectivity index (χ0v) is 16.3. The van der Waals surface area contributed by atoms with Crippen molar-refractivity contribution >= 4 is 49.6 Å². The van der Waals surface area contributed by atoms with Gasteiger partial charge in [0.1, 0.15) is 4.83 Å². The minimum absolute atomic E-state index is 0.138. The smallest absolute Gasteiger partial charge is 0.265 e. The van der Waals surface area contributed by atoms with Gasteiger partial charge < -0.3 is 5.32 Å². The molecule has 0 radical (unpaired) electrons. The summed E-state index contributed by atoms with van der Waals surface area (Å²) in [5, 5.41) is 9.61. The number of amides is 1. The molecule has 8 heteroatoms. The lowest BCUT2D eigenvalue weighted by Gasteiger charge is -2.06. The van der Waals surface area contributed by atoms with Crippen LogP contribution in [0.4, 0.5) is 5.69 Å². The highest BCUT2D eigenvalue weighted by molar-refractivity contribution is 7.21. The zero-order valence-electron chi connectivity index (χ0n) is 14.6. The average Bonchev–Trinajstić information content (AvgIpc) is 3.40. The maximum atomic E-state index is 12.8. The van der Waals surface area contributed by atoms with Crippen molar-refractivity contribution in [3.63, 3.8) is 0 Å². The van der Waals surface area contributed by atoms with Crippen molar-refractivity contribution < 1.29 is 4.79 Å². The summed E-state index contributed by atoms with van der Waals surface area (Å²) in [6.45, 7) is 3.86. The van der Waals surface area contributed by atoms with E-state index in [0.717, 1.165) is 38.1 Å². The molecule has 134 valence electrons. The van der Waals surface area contributed by atoms with Crippen molar-refractivity contribution in [3.05, 3.63) is 64.2 Å². The Kier molecular flexibility index (Phi) is 3.63. The van der Waals surface area contributed by atoms with Gasteiger partial charge in [-0.3, -0.25) is 9.20 Å². The highest BCUT2D eigenvalue weighted by Gasteiger charge is 2.19. The van der Waals surface area contributed by atoms with Crippen LogP contribution in [-0.4, -0.2) is 25.1 Å². The molecule has 0 aliphatic heterocycles. The van der Waals surface area contributed by atoms with Crippen LogP contribution in [0.3, 0.4) is 0 Å². The molecule has 5 aromatic rings. The van der Waals surface area contributed by atoms with Gasteiger partial charge in [0.05, 0.1) is 33.2 Å². The number of aromatic nitrogens is 4. The van der Waals surface area contributed by atoms with E-state index < -0.39 is 0 Å². The number of nitrogens with one attached hydrogen (secondary N) is 1. The lowest BCUT2D eigenvalue weighted by molar-refractivity contribution is 0.103. The molecule has 0 spiro atoms. The van der Waals surface area contributed by atoms with E-state index in [1.54, 1.807) is 11.3 Å². The Balaban J connectivity index is 1.49. The molecule has 6 nitrogen and oxygen atoms in total. The Morgan fingerprint density at radius 3 is 2.81 bits per heavy atom. The molecule has 4 heterocycles. The van der Waals surface area contributed by atoms with Gasteiger partial charge in [-0.25, -0.2) is 9.67 Å². The Morgan fingerprint density at radius 2 is 2.00 bits per heavy atom. The molecule has 5 rings (SSSR count). The Hall–Kier alpha value is -2.97. The molecule has 4 aromatic heterocycles. The molecule has 0 aliphatic rings. The molecule has 0 aliphatic carbocycles. The van der Waals surface area contributed by atoms with Gasteiger partial charge in [-0.2, -0.15) is 5.10 Å². The van der Waals surface area contributed by atoms with Gasteiger partial charge >= 0.3 is 0 Å². The van der Waals surface area contributed by atoms with E-state index in [4.69, 9.17) is 0 Å². The number of fused-ring (bicyclic) bond motifs is 3. The lowest BCUT2D eigenvalue weighted by atomic mass is 10.3. The van der Waals surface area contributed by atoms with Gasteiger partial charge in [-0.15, -0.1) is 22.7 Å². The van der Waals surface area contributed by atoms with E-state index in [-0.39, 0.29) is 5.91 Å². The number of thiazole rings is 1. The van der Waals surface area contributed by atoms with E-state index in [1.807, 2.05) is 70.9 Å². The van der Waals surface area contributed by atoms with Crippen molar-refractivity contribution in [2.45, 2.75) is 13.8 Å². The van der Waals surface area contributed by atoms with Crippen molar-refractivity contribution in [1.82, 2.24) is 19.2 Å². The van der Waals surface area contributed by atoms with E-state index in [9.17, 15) is 4.79 Å². The molecule has 0 unspecified atom stereocenters. The second-order valence-electron chi connectivity index (χ2n) is 6.22. The summed E-state index contributed by atoms with van der Waals surface area (Å²) in [6, 6.07) is 11.8. The monoisotopic (exact) mass is 393 g/mol. The summed E-state index contributed by atoms with van der Waals surface area (Å²) in [6.07, 6.45) is 1.97. The Labute approximate surface area is 162 Å². The number of carbonyl (C=O) groups excluding carboxylic acids is 1. The van der Waals surface area contributed by atoms with Crippen LogP contribution in [0.1, 0.15) is 21.1 Å². The minimum Gasteiger partial charge on any atom is -0.318 e. The normalized spacial score (nSPS) is 11.5. The summed E-state index contributed by atoms with van der Waals surface area (Å²) < 4.78 is 3.86. The van der Waals surface area contributed by atoms with Crippen LogP contribution < -0.4 is 5.32 Å². The number of hydrogen-bond donors (Lipinski definition) is 1. The average molecular weight is 393 g/mol. The number of hydrogen-bond acceptors (Lipinski definition) is 5. The topological polar surface area (TPSA) is 64.2 Å². The first-order valence-electron chi connectivity index (χ1n) is 8.40. The Bertz CT molecular complexity index is 1290. The highest BCUT2D eigenvalue weighted by atomic mass is 32.1. The third kappa shape index (κ3) is 2.56. The van der Waals surface area contributed by atoms with Crippen molar-refractivity contribution in [1.29, 1.82) is 0 Å². The molecular formula is C19H15N5OS2. The fourth-order valence-electron chi connectivity index (χ4n) is 3.18. The highest BCUT2D eigenvalue weighted by Crippen LogP contribution is 2.30. The van der Waals surface area contributed by atoms with Crippen LogP contribution in [0.25, 0.3) is 21.0 Å². The zero-order chi connectivity index (χ0) is 18.5. The molecule has 0 saturated carbocycles. The number of para-hydroxylation sites is 1. The molecule has 27 heavy (non-hydrogen) atoms. The Morgan fingerprint density at radius 1 is 1.19 bits per heavy atom. The molecule has 0 fully saturated rings. The standard InChI is InChI=1S/C19H15N5OS2/c1-11-16(12(2)24(22-11)13-6-4-3-5-7-13)20-17(25)15-10-14-18(27-15)21-19-23(14)8-9-26-19/h3-10H,1-2H3,(H,20,25).